The van der Waals surface area contributed by atoms with Crippen LogP contribution in [0.15, 0.2) is 55.0 Å². The summed E-state index contributed by atoms with van der Waals surface area (Å²) in [6.45, 7) is 0.537. The molecule has 0 saturated heterocycles. The number of allylic oxidation sites excluding steroid dienone is 2. The zero-order chi connectivity index (χ0) is 15.2. The predicted octanol–water partition coefficient (Wildman–Crippen LogP) is 3.12. The fourth-order valence-corrected chi connectivity index (χ4v) is 2.62. The monoisotopic (exact) mass is 293 g/mol. The van der Waals surface area contributed by atoms with Crippen molar-refractivity contribution in [2.45, 2.75) is 25.8 Å². The minimum atomic E-state index is 0.115. The SMILES string of the molecule is O=C(NCc1ccnc(-c2cccnc2)c1)C1CC=CCC1. The fourth-order valence-electron chi connectivity index (χ4n) is 2.62. The van der Waals surface area contributed by atoms with Crippen molar-refractivity contribution in [3.05, 3.63) is 60.6 Å². The lowest BCUT2D eigenvalue weighted by atomic mass is 9.93. The Morgan fingerprint density at radius 2 is 2.23 bits per heavy atom. The van der Waals surface area contributed by atoms with Crippen molar-refractivity contribution >= 4 is 5.91 Å². The van der Waals surface area contributed by atoms with Crippen LogP contribution < -0.4 is 5.32 Å². The second-order valence-electron chi connectivity index (χ2n) is 5.49. The highest BCUT2D eigenvalue weighted by Crippen LogP contribution is 2.19. The molecule has 1 N–H and O–H groups in total. The van der Waals surface area contributed by atoms with Crippen LogP contribution in [0.5, 0.6) is 0 Å². The Kier molecular flexibility index (Phi) is 4.59. The molecule has 1 aliphatic carbocycles. The number of carbonyl (C=O) groups excluding carboxylic acids is 1. The van der Waals surface area contributed by atoms with Crippen molar-refractivity contribution in [3.63, 3.8) is 0 Å². The zero-order valence-electron chi connectivity index (χ0n) is 12.4. The van der Waals surface area contributed by atoms with Gasteiger partial charge in [0.15, 0.2) is 0 Å². The first-order valence-corrected chi connectivity index (χ1v) is 7.61. The standard InChI is InChI=1S/C18H19N3O/c22-18(15-5-2-1-3-6-15)21-12-14-8-10-20-17(11-14)16-7-4-9-19-13-16/h1-2,4,7-11,13,15H,3,5-6,12H2,(H,21,22). The molecule has 1 unspecified atom stereocenters. The summed E-state index contributed by atoms with van der Waals surface area (Å²) in [6.07, 6.45) is 12.3. The third-order valence-electron chi connectivity index (χ3n) is 3.89. The third-order valence-corrected chi connectivity index (χ3v) is 3.89. The molecular formula is C18H19N3O. The molecule has 0 spiro atoms. The van der Waals surface area contributed by atoms with Crippen LogP contribution in [-0.2, 0) is 11.3 Å². The number of rotatable bonds is 4. The van der Waals surface area contributed by atoms with Gasteiger partial charge in [-0.25, -0.2) is 0 Å². The molecule has 0 radical (unpaired) electrons. The molecule has 112 valence electrons. The minimum Gasteiger partial charge on any atom is -0.352 e. The number of aromatic nitrogens is 2. The summed E-state index contributed by atoms with van der Waals surface area (Å²) < 4.78 is 0. The molecule has 0 aliphatic heterocycles. The normalized spacial score (nSPS) is 17.2. The van der Waals surface area contributed by atoms with E-state index >= 15 is 0 Å². The predicted molar refractivity (Wildman–Crippen MR) is 85.8 cm³/mol. The first-order valence-electron chi connectivity index (χ1n) is 7.61. The number of nitrogens with zero attached hydrogens (tertiary/aromatic N) is 2. The van der Waals surface area contributed by atoms with E-state index in [-0.39, 0.29) is 11.8 Å². The highest BCUT2D eigenvalue weighted by Gasteiger charge is 2.18. The molecule has 1 aliphatic rings. The van der Waals surface area contributed by atoms with Gasteiger partial charge in [-0.1, -0.05) is 12.2 Å². The molecule has 4 heteroatoms. The lowest BCUT2D eigenvalue weighted by molar-refractivity contribution is -0.125. The highest BCUT2D eigenvalue weighted by molar-refractivity contribution is 5.79. The second-order valence-corrected chi connectivity index (χ2v) is 5.49. The van der Waals surface area contributed by atoms with Gasteiger partial charge in [0.1, 0.15) is 0 Å². The molecule has 0 saturated carbocycles. The molecule has 22 heavy (non-hydrogen) atoms. The number of carbonyl (C=O) groups is 1. The van der Waals surface area contributed by atoms with Gasteiger partial charge >= 0.3 is 0 Å². The number of pyridine rings is 2. The summed E-state index contributed by atoms with van der Waals surface area (Å²) in [5.74, 6) is 0.258. The number of hydrogen-bond donors (Lipinski definition) is 1. The van der Waals surface area contributed by atoms with Gasteiger partial charge in [-0.3, -0.25) is 14.8 Å². The van der Waals surface area contributed by atoms with E-state index in [2.05, 4.69) is 27.4 Å². The average Bonchev–Trinajstić information content (AvgIpc) is 2.61. The Morgan fingerprint density at radius 1 is 1.27 bits per heavy atom. The van der Waals surface area contributed by atoms with Crippen molar-refractivity contribution in [1.29, 1.82) is 0 Å². The molecule has 2 aromatic rings. The fraction of sp³-hybridized carbons (Fsp3) is 0.278. The largest absolute Gasteiger partial charge is 0.352 e. The molecule has 0 bridgehead atoms. The van der Waals surface area contributed by atoms with Gasteiger partial charge in [-0.2, -0.15) is 0 Å². The zero-order valence-corrected chi connectivity index (χ0v) is 12.4. The van der Waals surface area contributed by atoms with Crippen LogP contribution in [0.4, 0.5) is 0 Å². The molecule has 1 atom stereocenters. The van der Waals surface area contributed by atoms with Gasteiger partial charge in [0, 0.05) is 36.6 Å². The third kappa shape index (κ3) is 3.58. The lowest BCUT2D eigenvalue weighted by Crippen LogP contribution is -2.30. The number of hydrogen-bond acceptors (Lipinski definition) is 3. The van der Waals surface area contributed by atoms with Gasteiger partial charge in [0.05, 0.1) is 5.69 Å². The first-order chi connectivity index (χ1) is 10.8. The lowest BCUT2D eigenvalue weighted by Gasteiger charge is -2.17. The van der Waals surface area contributed by atoms with Crippen molar-refractivity contribution < 1.29 is 4.79 Å². The molecule has 0 aromatic carbocycles. The molecule has 0 fully saturated rings. The quantitative estimate of drug-likeness (QED) is 0.881. The van der Waals surface area contributed by atoms with E-state index in [9.17, 15) is 4.79 Å². The summed E-state index contributed by atoms with van der Waals surface area (Å²) in [6, 6.07) is 7.80. The Bertz CT molecular complexity index is 667. The van der Waals surface area contributed by atoms with Crippen molar-refractivity contribution in [2.75, 3.05) is 0 Å². The number of amides is 1. The van der Waals surface area contributed by atoms with E-state index in [0.29, 0.717) is 6.54 Å². The van der Waals surface area contributed by atoms with Crippen LogP contribution in [0.2, 0.25) is 0 Å². The minimum absolute atomic E-state index is 0.115. The Labute approximate surface area is 130 Å². The van der Waals surface area contributed by atoms with E-state index in [4.69, 9.17) is 0 Å². The van der Waals surface area contributed by atoms with E-state index < -0.39 is 0 Å². The maximum Gasteiger partial charge on any atom is 0.223 e. The molecule has 4 nitrogen and oxygen atoms in total. The second kappa shape index (κ2) is 6.98. The van der Waals surface area contributed by atoms with Crippen molar-refractivity contribution in [1.82, 2.24) is 15.3 Å². The topological polar surface area (TPSA) is 54.9 Å². The van der Waals surface area contributed by atoms with Crippen LogP contribution >= 0.6 is 0 Å². The molecule has 2 heterocycles. The van der Waals surface area contributed by atoms with Crippen LogP contribution in [-0.4, -0.2) is 15.9 Å². The van der Waals surface area contributed by atoms with Crippen LogP contribution in [0.25, 0.3) is 11.3 Å². The van der Waals surface area contributed by atoms with Gasteiger partial charge in [0.2, 0.25) is 5.91 Å². The van der Waals surface area contributed by atoms with Gasteiger partial charge in [-0.05, 0) is 49.1 Å². The number of nitrogens with one attached hydrogen (secondary N) is 1. The van der Waals surface area contributed by atoms with Gasteiger partial charge in [-0.15, -0.1) is 0 Å². The average molecular weight is 293 g/mol. The Morgan fingerprint density at radius 3 is 3.00 bits per heavy atom. The summed E-state index contributed by atoms with van der Waals surface area (Å²) in [4.78, 5) is 20.6. The molecule has 2 aromatic heterocycles. The maximum absolute atomic E-state index is 12.2. The van der Waals surface area contributed by atoms with E-state index in [1.807, 2.05) is 24.3 Å². The van der Waals surface area contributed by atoms with Crippen LogP contribution in [0, 0.1) is 5.92 Å². The van der Waals surface area contributed by atoms with Crippen LogP contribution in [0.1, 0.15) is 24.8 Å². The maximum atomic E-state index is 12.2. The van der Waals surface area contributed by atoms with E-state index in [1.54, 1.807) is 18.6 Å². The van der Waals surface area contributed by atoms with Crippen molar-refractivity contribution in [3.8, 4) is 11.3 Å². The van der Waals surface area contributed by atoms with E-state index in [0.717, 1.165) is 36.1 Å². The van der Waals surface area contributed by atoms with E-state index in [1.165, 1.54) is 0 Å². The Hall–Kier alpha value is -2.49. The summed E-state index contributed by atoms with van der Waals surface area (Å²) in [7, 11) is 0. The van der Waals surface area contributed by atoms with Gasteiger partial charge in [0.25, 0.3) is 0 Å². The van der Waals surface area contributed by atoms with Crippen molar-refractivity contribution in [2.24, 2.45) is 5.92 Å². The Balaban J connectivity index is 1.63. The smallest absolute Gasteiger partial charge is 0.223 e. The van der Waals surface area contributed by atoms with Crippen LogP contribution in [0.3, 0.4) is 0 Å². The first kappa shape index (κ1) is 14.4. The highest BCUT2D eigenvalue weighted by atomic mass is 16.1. The summed E-state index contributed by atoms with van der Waals surface area (Å²) in [5, 5.41) is 3.03. The molecule has 3 rings (SSSR count). The summed E-state index contributed by atoms with van der Waals surface area (Å²) in [5.41, 5.74) is 2.90. The molecule has 1 amide bonds. The van der Waals surface area contributed by atoms with Gasteiger partial charge < -0.3 is 5.32 Å². The summed E-state index contributed by atoms with van der Waals surface area (Å²) >= 11 is 0. The molecular weight excluding hydrogens is 274 g/mol.